The fraction of sp³-hybridized carbons (Fsp3) is 0.333. The Bertz CT molecular complexity index is 574. The number of rotatable bonds is 7. The van der Waals surface area contributed by atoms with Crippen LogP contribution in [0.3, 0.4) is 0 Å². The zero-order valence-corrected chi connectivity index (χ0v) is 16.0. The summed E-state index contributed by atoms with van der Waals surface area (Å²) < 4.78 is 7.61. The van der Waals surface area contributed by atoms with Crippen molar-refractivity contribution in [1.82, 2.24) is 20.2 Å². The smallest absolute Gasteiger partial charge is 0.213 e. The Hall–Kier alpha value is -1.48. The highest BCUT2D eigenvalue weighted by Gasteiger charge is 1.98. The molecule has 0 spiro atoms. The van der Waals surface area contributed by atoms with E-state index in [1.807, 2.05) is 24.5 Å². The number of ether oxygens (including phenoxy) is 1. The fourth-order valence-electron chi connectivity index (χ4n) is 1.82. The van der Waals surface area contributed by atoms with Crippen molar-refractivity contribution in [3.8, 4) is 5.88 Å². The third kappa shape index (κ3) is 7.56. The largest absolute Gasteiger partial charge is 0.476 e. The van der Waals surface area contributed by atoms with Crippen molar-refractivity contribution in [2.24, 2.45) is 4.99 Å². The maximum absolute atomic E-state index is 5.76. The maximum atomic E-state index is 5.76. The number of aliphatic imine (C=N–C) groups is 1. The zero-order chi connectivity index (χ0) is 15.6. The van der Waals surface area contributed by atoms with Crippen LogP contribution >= 0.6 is 35.6 Å². The van der Waals surface area contributed by atoms with Crippen molar-refractivity contribution < 1.29 is 4.74 Å². The molecule has 126 valence electrons. The summed E-state index contributed by atoms with van der Waals surface area (Å²) in [5, 5.41) is 7.02. The molecular formula is C15H21ClIN5O. The van der Waals surface area contributed by atoms with Crippen molar-refractivity contribution >= 4 is 41.5 Å². The van der Waals surface area contributed by atoms with Crippen molar-refractivity contribution in [3.05, 3.63) is 47.9 Å². The molecule has 23 heavy (non-hydrogen) atoms. The van der Waals surface area contributed by atoms with Crippen LogP contribution in [0.5, 0.6) is 5.88 Å². The normalized spacial score (nSPS) is 10.8. The molecule has 2 N–H and O–H groups in total. The highest BCUT2D eigenvalue weighted by molar-refractivity contribution is 14.0. The number of hydrogen-bond donors (Lipinski definition) is 2. The van der Waals surface area contributed by atoms with Crippen LogP contribution in [0.15, 0.2) is 47.8 Å². The number of aromatic nitrogens is 2. The maximum Gasteiger partial charge on any atom is 0.213 e. The monoisotopic (exact) mass is 449 g/mol. The Morgan fingerprint density at radius 2 is 2.00 bits per heavy atom. The van der Waals surface area contributed by atoms with Gasteiger partial charge < -0.3 is 19.9 Å². The van der Waals surface area contributed by atoms with Crippen LogP contribution in [0.25, 0.3) is 0 Å². The lowest BCUT2D eigenvalue weighted by molar-refractivity contribution is 0.309. The average Bonchev–Trinajstić information content (AvgIpc) is 3.04. The molecule has 0 fully saturated rings. The fourth-order valence-corrected chi connectivity index (χ4v) is 1.93. The lowest BCUT2D eigenvalue weighted by Gasteiger charge is -2.12. The third-order valence-electron chi connectivity index (χ3n) is 2.90. The molecule has 0 aliphatic heterocycles. The molecule has 0 unspecified atom stereocenters. The Balaban J connectivity index is 0.00000264. The molecule has 0 amide bonds. The van der Waals surface area contributed by atoms with E-state index in [9.17, 15) is 0 Å². The van der Waals surface area contributed by atoms with Gasteiger partial charge in [0.2, 0.25) is 5.88 Å². The van der Waals surface area contributed by atoms with E-state index < -0.39 is 0 Å². The van der Waals surface area contributed by atoms with Gasteiger partial charge in [-0.2, -0.15) is 0 Å². The Kier molecular flexibility index (Phi) is 9.46. The first-order valence-corrected chi connectivity index (χ1v) is 7.45. The zero-order valence-electron chi connectivity index (χ0n) is 12.9. The second kappa shape index (κ2) is 11.1. The summed E-state index contributed by atoms with van der Waals surface area (Å²) in [5.74, 6) is 1.31. The van der Waals surface area contributed by atoms with Crippen LogP contribution < -0.4 is 15.4 Å². The summed E-state index contributed by atoms with van der Waals surface area (Å²) in [4.78, 5) is 8.22. The Morgan fingerprint density at radius 3 is 2.65 bits per heavy atom. The minimum Gasteiger partial charge on any atom is -0.476 e. The van der Waals surface area contributed by atoms with Crippen LogP contribution in [0, 0.1) is 0 Å². The van der Waals surface area contributed by atoms with E-state index in [1.165, 1.54) is 0 Å². The molecule has 0 atom stereocenters. The molecule has 0 bridgehead atoms. The molecule has 0 aromatic carbocycles. The molecule has 6 nitrogen and oxygen atoms in total. The van der Waals surface area contributed by atoms with Crippen molar-refractivity contribution in [3.63, 3.8) is 0 Å². The van der Waals surface area contributed by atoms with E-state index in [-0.39, 0.29) is 24.0 Å². The van der Waals surface area contributed by atoms with Crippen molar-refractivity contribution in [2.45, 2.75) is 6.54 Å². The number of guanidine groups is 1. The van der Waals surface area contributed by atoms with E-state index >= 15 is 0 Å². The minimum absolute atomic E-state index is 0. The highest BCUT2D eigenvalue weighted by Crippen LogP contribution is 2.10. The van der Waals surface area contributed by atoms with Gasteiger partial charge in [-0.25, -0.2) is 4.98 Å². The van der Waals surface area contributed by atoms with E-state index in [2.05, 4.69) is 25.2 Å². The van der Waals surface area contributed by atoms with Gasteiger partial charge in [0.15, 0.2) is 5.96 Å². The van der Waals surface area contributed by atoms with Gasteiger partial charge in [0.05, 0.1) is 11.6 Å². The Morgan fingerprint density at radius 1 is 1.26 bits per heavy atom. The second-order valence-electron chi connectivity index (χ2n) is 4.51. The molecule has 8 heteroatoms. The summed E-state index contributed by atoms with van der Waals surface area (Å²) in [6.45, 7) is 2.81. The standard InChI is InChI=1S/C15H20ClN5O.HI/c1-17-15(18-6-10-21-8-2-3-9-21)19-7-11-22-14-5-4-13(16)12-20-14;/h2-5,8-9,12H,6-7,10-11H2,1H3,(H2,17,18,19);1H. The number of halogens is 2. The van der Waals surface area contributed by atoms with Gasteiger partial charge in [-0.05, 0) is 18.2 Å². The van der Waals surface area contributed by atoms with Gasteiger partial charge in [0, 0.05) is 44.8 Å². The minimum atomic E-state index is 0. The lowest BCUT2D eigenvalue weighted by Crippen LogP contribution is -2.40. The van der Waals surface area contributed by atoms with Crippen molar-refractivity contribution in [1.29, 1.82) is 0 Å². The number of hydrogen-bond acceptors (Lipinski definition) is 3. The third-order valence-corrected chi connectivity index (χ3v) is 3.12. The summed E-state index contributed by atoms with van der Waals surface area (Å²) in [6.07, 6.45) is 5.63. The number of nitrogens with one attached hydrogen (secondary N) is 2. The molecule has 2 aromatic heterocycles. The van der Waals surface area contributed by atoms with Crippen LogP contribution in [0.4, 0.5) is 0 Å². The molecule has 2 heterocycles. The predicted molar refractivity (Wildman–Crippen MR) is 104 cm³/mol. The van der Waals surface area contributed by atoms with Gasteiger partial charge in [-0.1, -0.05) is 11.6 Å². The van der Waals surface area contributed by atoms with Gasteiger partial charge in [0.1, 0.15) is 6.61 Å². The van der Waals surface area contributed by atoms with Crippen LogP contribution in [-0.2, 0) is 6.54 Å². The number of pyridine rings is 1. The first-order chi connectivity index (χ1) is 10.8. The van der Waals surface area contributed by atoms with Crippen LogP contribution in [0.1, 0.15) is 0 Å². The van der Waals surface area contributed by atoms with Gasteiger partial charge in [0.25, 0.3) is 0 Å². The topological polar surface area (TPSA) is 63.5 Å². The molecule has 0 radical (unpaired) electrons. The van der Waals surface area contributed by atoms with Crippen LogP contribution in [0.2, 0.25) is 5.02 Å². The Labute approximate surface area is 158 Å². The summed E-state index contributed by atoms with van der Waals surface area (Å²) >= 11 is 5.76. The van der Waals surface area contributed by atoms with E-state index in [1.54, 1.807) is 25.4 Å². The van der Waals surface area contributed by atoms with Crippen molar-refractivity contribution in [2.75, 3.05) is 26.7 Å². The first-order valence-electron chi connectivity index (χ1n) is 7.07. The number of nitrogens with zero attached hydrogens (tertiary/aromatic N) is 3. The van der Waals surface area contributed by atoms with Gasteiger partial charge >= 0.3 is 0 Å². The van der Waals surface area contributed by atoms with E-state index in [0.29, 0.717) is 24.1 Å². The second-order valence-corrected chi connectivity index (χ2v) is 4.95. The summed E-state index contributed by atoms with van der Waals surface area (Å²) in [7, 11) is 1.74. The molecule has 0 aliphatic rings. The molecule has 0 saturated carbocycles. The van der Waals surface area contributed by atoms with Gasteiger partial charge in [-0.15, -0.1) is 24.0 Å². The first kappa shape index (κ1) is 19.6. The van der Waals surface area contributed by atoms with Gasteiger partial charge in [-0.3, -0.25) is 4.99 Å². The average molecular weight is 450 g/mol. The van der Waals surface area contributed by atoms with E-state index in [4.69, 9.17) is 16.3 Å². The summed E-state index contributed by atoms with van der Waals surface area (Å²) in [5.41, 5.74) is 0. The highest BCUT2D eigenvalue weighted by atomic mass is 127. The van der Waals surface area contributed by atoms with Crippen LogP contribution in [-0.4, -0.2) is 42.3 Å². The lowest BCUT2D eigenvalue weighted by atomic mass is 10.5. The summed E-state index contributed by atoms with van der Waals surface area (Å²) in [6, 6.07) is 7.51. The molecule has 0 aliphatic carbocycles. The predicted octanol–water partition coefficient (Wildman–Crippen LogP) is 2.40. The molecule has 2 rings (SSSR count). The SMILES string of the molecule is CN=C(NCCOc1ccc(Cl)cn1)NCCn1cccc1.I. The molecule has 0 saturated heterocycles. The quantitative estimate of drug-likeness (QED) is 0.295. The molecular weight excluding hydrogens is 429 g/mol. The van der Waals surface area contributed by atoms with E-state index in [0.717, 1.165) is 19.0 Å². The molecule has 2 aromatic rings.